The van der Waals surface area contributed by atoms with Crippen molar-refractivity contribution < 1.29 is 8.78 Å². The minimum absolute atomic E-state index is 0.195. The molecule has 0 aromatic carbocycles. The van der Waals surface area contributed by atoms with Gasteiger partial charge in [-0.05, 0) is 13.8 Å². The van der Waals surface area contributed by atoms with Gasteiger partial charge in [-0.3, -0.25) is 0 Å². The van der Waals surface area contributed by atoms with Crippen molar-refractivity contribution >= 4 is 32.1 Å². The first-order valence-corrected chi connectivity index (χ1v) is 5.08. The number of hydrogen-bond acceptors (Lipinski definition) is 2. The lowest BCUT2D eigenvalue weighted by atomic mass is 10.3. The van der Waals surface area contributed by atoms with Crippen LogP contribution in [0.15, 0.2) is 0 Å². The maximum Gasteiger partial charge on any atom is 0.181 e. The number of thiophene rings is 2. The Hall–Kier alpha value is -0.480. The van der Waals surface area contributed by atoms with Crippen molar-refractivity contribution in [2.24, 2.45) is 0 Å². The smallest absolute Gasteiger partial charge is 0.181 e. The highest BCUT2D eigenvalue weighted by atomic mass is 32.1. The van der Waals surface area contributed by atoms with Crippen molar-refractivity contribution in [3.63, 3.8) is 0 Å². The van der Waals surface area contributed by atoms with Gasteiger partial charge in [0.25, 0.3) is 0 Å². The number of aryl methyl sites for hydroxylation is 2. The van der Waals surface area contributed by atoms with E-state index in [1.165, 1.54) is 0 Å². The molecule has 2 heterocycles. The van der Waals surface area contributed by atoms with E-state index in [1.807, 2.05) is 0 Å². The van der Waals surface area contributed by atoms with E-state index in [1.54, 1.807) is 13.8 Å². The van der Waals surface area contributed by atoms with Gasteiger partial charge in [-0.15, -0.1) is 22.7 Å². The monoisotopic (exact) mass is 204 g/mol. The van der Waals surface area contributed by atoms with E-state index >= 15 is 0 Å². The fourth-order valence-electron chi connectivity index (χ4n) is 1.10. The van der Waals surface area contributed by atoms with E-state index in [4.69, 9.17) is 0 Å². The Balaban J connectivity index is 2.93. The third kappa shape index (κ3) is 0.912. The molecule has 0 saturated carbocycles. The average Bonchev–Trinajstić information content (AvgIpc) is 2.43. The van der Waals surface area contributed by atoms with Gasteiger partial charge >= 0.3 is 0 Å². The number of fused-ring (bicyclic) bond motifs is 1. The second-order valence-corrected chi connectivity index (χ2v) is 4.60. The first-order chi connectivity index (χ1) is 5.61. The Labute approximate surface area is 76.5 Å². The highest BCUT2D eigenvalue weighted by molar-refractivity contribution is 7.26. The molecule has 0 atom stereocenters. The summed E-state index contributed by atoms with van der Waals surface area (Å²) in [6, 6.07) is 0. The first-order valence-electron chi connectivity index (χ1n) is 3.44. The molecule has 0 N–H and O–H groups in total. The van der Waals surface area contributed by atoms with Crippen LogP contribution in [-0.2, 0) is 0 Å². The Morgan fingerprint density at radius 1 is 0.833 bits per heavy atom. The second kappa shape index (κ2) is 2.50. The second-order valence-electron chi connectivity index (χ2n) is 2.66. The molecule has 12 heavy (non-hydrogen) atoms. The molecular formula is C8H6F2S2. The molecule has 0 aliphatic carbocycles. The van der Waals surface area contributed by atoms with Crippen LogP contribution in [0.2, 0.25) is 0 Å². The zero-order valence-corrected chi connectivity index (χ0v) is 8.21. The molecule has 0 unspecified atom stereocenters. The van der Waals surface area contributed by atoms with Gasteiger partial charge in [-0.2, -0.15) is 8.78 Å². The van der Waals surface area contributed by atoms with E-state index in [-0.39, 0.29) is 10.3 Å². The summed E-state index contributed by atoms with van der Waals surface area (Å²) in [6.45, 7) is 3.37. The van der Waals surface area contributed by atoms with Crippen molar-refractivity contribution in [2.45, 2.75) is 13.8 Å². The van der Waals surface area contributed by atoms with Crippen molar-refractivity contribution in [1.82, 2.24) is 0 Å². The van der Waals surface area contributed by atoms with Gasteiger partial charge in [0.05, 0.1) is 9.40 Å². The van der Waals surface area contributed by atoms with Gasteiger partial charge in [0.1, 0.15) is 0 Å². The fourth-order valence-corrected chi connectivity index (χ4v) is 3.32. The molecule has 2 aromatic heterocycles. The quantitative estimate of drug-likeness (QED) is 0.611. The Morgan fingerprint density at radius 2 is 1.17 bits per heavy atom. The Kier molecular flexibility index (Phi) is 1.70. The zero-order valence-electron chi connectivity index (χ0n) is 6.57. The average molecular weight is 204 g/mol. The fraction of sp³-hybridized carbons (Fsp3) is 0.250. The van der Waals surface area contributed by atoms with Crippen LogP contribution in [0.1, 0.15) is 11.1 Å². The molecule has 0 amide bonds. The van der Waals surface area contributed by atoms with Crippen LogP contribution in [0.4, 0.5) is 8.78 Å². The SMILES string of the molecule is Cc1c(F)sc2c(C)c(F)sc12. The van der Waals surface area contributed by atoms with Gasteiger partial charge in [0.15, 0.2) is 10.3 Å². The summed E-state index contributed by atoms with van der Waals surface area (Å²) in [5, 5.41) is -0.390. The van der Waals surface area contributed by atoms with E-state index in [9.17, 15) is 8.78 Å². The molecule has 0 nitrogen and oxygen atoms in total. The normalized spacial score (nSPS) is 11.3. The lowest BCUT2D eigenvalue weighted by Crippen LogP contribution is -1.67. The summed E-state index contributed by atoms with van der Waals surface area (Å²) >= 11 is 2.06. The maximum atomic E-state index is 13.0. The molecule has 2 aromatic rings. The molecule has 0 aliphatic heterocycles. The lowest BCUT2D eigenvalue weighted by Gasteiger charge is -1.82. The van der Waals surface area contributed by atoms with E-state index in [0.29, 0.717) is 11.1 Å². The third-order valence-corrected chi connectivity index (χ3v) is 4.39. The number of hydrogen-bond donors (Lipinski definition) is 0. The van der Waals surface area contributed by atoms with Crippen molar-refractivity contribution in [2.75, 3.05) is 0 Å². The number of rotatable bonds is 0. The van der Waals surface area contributed by atoms with Gasteiger partial charge in [0.2, 0.25) is 0 Å². The summed E-state index contributed by atoms with van der Waals surface area (Å²) in [5.74, 6) is 0. The van der Waals surface area contributed by atoms with E-state index in [0.717, 1.165) is 32.1 Å². The number of halogens is 2. The van der Waals surface area contributed by atoms with E-state index < -0.39 is 0 Å². The maximum absolute atomic E-state index is 13.0. The summed E-state index contributed by atoms with van der Waals surface area (Å²) in [4.78, 5) is 0. The topological polar surface area (TPSA) is 0 Å². The van der Waals surface area contributed by atoms with Crippen LogP contribution in [0.3, 0.4) is 0 Å². The molecule has 0 fully saturated rings. The van der Waals surface area contributed by atoms with Crippen LogP contribution in [0, 0.1) is 24.1 Å². The van der Waals surface area contributed by atoms with Crippen LogP contribution in [-0.4, -0.2) is 0 Å². The van der Waals surface area contributed by atoms with Crippen molar-refractivity contribution in [1.29, 1.82) is 0 Å². The molecule has 2 rings (SSSR count). The predicted molar refractivity (Wildman–Crippen MR) is 49.1 cm³/mol. The summed E-state index contributed by atoms with van der Waals surface area (Å²) in [7, 11) is 0. The molecule has 4 heteroatoms. The van der Waals surface area contributed by atoms with Crippen molar-refractivity contribution in [3.05, 3.63) is 21.4 Å². The molecule has 0 spiro atoms. The molecule has 64 valence electrons. The van der Waals surface area contributed by atoms with Gasteiger partial charge in [-0.25, -0.2) is 0 Å². The molecular weight excluding hydrogens is 198 g/mol. The van der Waals surface area contributed by atoms with E-state index in [2.05, 4.69) is 0 Å². The zero-order chi connectivity index (χ0) is 8.88. The summed E-state index contributed by atoms with van der Waals surface area (Å²) in [5.41, 5.74) is 1.15. The van der Waals surface area contributed by atoms with Crippen LogP contribution >= 0.6 is 22.7 Å². The summed E-state index contributed by atoms with van der Waals surface area (Å²) < 4.78 is 27.5. The van der Waals surface area contributed by atoms with Gasteiger partial charge in [-0.1, -0.05) is 0 Å². The highest BCUT2D eigenvalue weighted by Crippen LogP contribution is 2.38. The highest BCUT2D eigenvalue weighted by Gasteiger charge is 2.15. The molecule has 0 bridgehead atoms. The standard InChI is InChI=1S/C8H6F2S2/c1-3-5-6(12-7(3)9)4(2)8(10)11-5/h1-2H3. The predicted octanol–water partition coefficient (Wildman–Crippen LogP) is 3.86. The first kappa shape index (κ1) is 8.13. The molecule has 0 saturated heterocycles. The van der Waals surface area contributed by atoms with Crippen LogP contribution in [0.25, 0.3) is 9.40 Å². The van der Waals surface area contributed by atoms with Gasteiger partial charge in [0, 0.05) is 11.1 Å². The minimum atomic E-state index is -0.195. The molecule has 0 radical (unpaired) electrons. The third-order valence-electron chi connectivity index (χ3n) is 1.86. The minimum Gasteiger partial charge on any atom is -0.195 e. The molecule has 0 aliphatic rings. The lowest BCUT2D eigenvalue weighted by molar-refractivity contribution is 0.648. The largest absolute Gasteiger partial charge is 0.195 e. The summed E-state index contributed by atoms with van der Waals surface area (Å²) in [6.07, 6.45) is 0. The van der Waals surface area contributed by atoms with Crippen molar-refractivity contribution in [3.8, 4) is 0 Å². The Bertz CT molecular complexity index is 397. The Morgan fingerprint density at radius 3 is 1.50 bits per heavy atom. The van der Waals surface area contributed by atoms with Crippen LogP contribution < -0.4 is 0 Å². The van der Waals surface area contributed by atoms with Crippen LogP contribution in [0.5, 0.6) is 0 Å². The van der Waals surface area contributed by atoms with Gasteiger partial charge < -0.3 is 0 Å².